The summed E-state index contributed by atoms with van der Waals surface area (Å²) in [6.45, 7) is 0.915. The molecule has 0 unspecified atom stereocenters. The second-order valence-electron chi connectivity index (χ2n) is 7.62. The zero-order valence-electron chi connectivity index (χ0n) is 18.1. The van der Waals surface area contributed by atoms with Crippen LogP contribution in [0.2, 0.25) is 0 Å². The number of hydrogen-bond acceptors (Lipinski definition) is 5. The van der Waals surface area contributed by atoms with Crippen molar-refractivity contribution in [1.82, 2.24) is 4.90 Å². The molecule has 0 spiro atoms. The zero-order chi connectivity index (χ0) is 23.5. The minimum absolute atomic E-state index is 0.0310. The minimum Gasteiger partial charge on any atom is -0.411 e. The Morgan fingerprint density at radius 1 is 0.758 bits per heavy atom. The van der Waals surface area contributed by atoms with Crippen LogP contribution >= 0.6 is 0 Å². The van der Waals surface area contributed by atoms with Gasteiger partial charge in [0.25, 0.3) is 0 Å². The molecule has 3 aromatic rings. The molecular formula is C26H26FN3O3. The summed E-state index contributed by atoms with van der Waals surface area (Å²) >= 11 is 0. The maximum Gasteiger partial charge on any atom is 0.223 e. The number of rotatable bonds is 10. The predicted octanol–water partition coefficient (Wildman–Crippen LogP) is 5.23. The largest absolute Gasteiger partial charge is 0.411 e. The van der Waals surface area contributed by atoms with Crippen LogP contribution in [-0.2, 0) is 17.9 Å². The average molecular weight is 448 g/mol. The lowest BCUT2D eigenvalue weighted by atomic mass is 10.0. The lowest BCUT2D eigenvalue weighted by Crippen LogP contribution is -2.30. The zero-order valence-corrected chi connectivity index (χ0v) is 18.1. The smallest absolute Gasteiger partial charge is 0.223 e. The highest BCUT2D eigenvalue weighted by Crippen LogP contribution is 2.14. The summed E-state index contributed by atoms with van der Waals surface area (Å²) in [6, 6.07) is 24.9. The van der Waals surface area contributed by atoms with Gasteiger partial charge in [0.05, 0.1) is 11.4 Å². The topological polar surface area (TPSA) is 85.5 Å². The van der Waals surface area contributed by atoms with Crippen LogP contribution in [0.5, 0.6) is 0 Å². The third-order valence-electron chi connectivity index (χ3n) is 5.22. The van der Waals surface area contributed by atoms with E-state index in [1.54, 1.807) is 4.90 Å². The van der Waals surface area contributed by atoms with Crippen LogP contribution in [0.1, 0.15) is 36.0 Å². The molecule has 1 amide bonds. The molecule has 3 aromatic carbocycles. The lowest BCUT2D eigenvalue weighted by Gasteiger charge is -2.23. The average Bonchev–Trinajstić information content (AvgIpc) is 2.85. The van der Waals surface area contributed by atoms with Crippen LogP contribution in [-0.4, -0.2) is 32.6 Å². The molecule has 0 radical (unpaired) electrons. The maximum absolute atomic E-state index is 13.2. The van der Waals surface area contributed by atoms with E-state index in [4.69, 9.17) is 0 Å². The quantitative estimate of drug-likeness (QED) is 0.253. The van der Waals surface area contributed by atoms with Crippen LogP contribution in [0.25, 0.3) is 0 Å². The highest BCUT2D eigenvalue weighted by Gasteiger charge is 2.17. The molecule has 0 aliphatic heterocycles. The van der Waals surface area contributed by atoms with E-state index in [-0.39, 0.29) is 30.9 Å². The van der Waals surface area contributed by atoms with Gasteiger partial charge in [-0.15, -0.1) is 0 Å². The Bertz CT molecular complexity index is 1040. The predicted molar refractivity (Wildman–Crippen MR) is 125 cm³/mol. The van der Waals surface area contributed by atoms with E-state index in [2.05, 4.69) is 10.3 Å². The molecule has 0 saturated carbocycles. The first kappa shape index (κ1) is 23.7. The molecule has 170 valence electrons. The summed E-state index contributed by atoms with van der Waals surface area (Å²) in [5, 5.41) is 25.4. The molecule has 0 bridgehead atoms. The monoisotopic (exact) mass is 447 g/mol. The maximum atomic E-state index is 13.2. The number of halogens is 1. The summed E-state index contributed by atoms with van der Waals surface area (Å²) in [5.74, 6) is -0.497. The second-order valence-corrected chi connectivity index (χ2v) is 7.62. The third kappa shape index (κ3) is 7.28. The van der Waals surface area contributed by atoms with Crippen molar-refractivity contribution in [2.24, 2.45) is 10.3 Å². The molecule has 6 nitrogen and oxygen atoms in total. The van der Waals surface area contributed by atoms with Gasteiger partial charge in [-0.1, -0.05) is 83.1 Å². The number of benzene rings is 3. The number of carbonyl (C=O) groups is 1. The van der Waals surface area contributed by atoms with Gasteiger partial charge < -0.3 is 15.3 Å². The van der Waals surface area contributed by atoms with E-state index in [1.165, 1.54) is 24.3 Å². The first-order chi connectivity index (χ1) is 16.1. The summed E-state index contributed by atoms with van der Waals surface area (Å²) in [7, 11) is 0. The van der Waals surface area contributed by atoms with Gasteiger partial charge in [0.2, 0.25) is 5.91 Å². The first-order valence-corrected chi connectivity index (χ1v) is 10.6. The van der Waals surface area contributed by atoms with Crippen LogP contribution in [0.4, 0.5) is 4.39 Å². The fourth-order valence-electron chi connectivity index (χ4n) is 3.45. The Hall–Kier alpha value is -4.00. The molecule has 7 heteroatoms. The molecule has 0 heterocycles. The van der Waals surface area contributed by atoms with Gasteiger partial charge in [-0.3, -0.25) is 4.79 Å². The van der Waals surface area contributed by atoms with E-state index < -0.39 is 5.82 Å². The van der Waals surface area contributed by atoms with Gasteiger partial charge in [-0.05, 0) is 35.2 Å². The first-order valence-electron chi connectivity index (χ1n) is 10.6. The molecule has 0 aliphatic rings. The Morgan fingerprint density at radius 2 is 1.30 bits per heavy atom. The highest BCUT2D eigenvalue weighted by molar-refractivity contribution is 6.12. The normalized spacial score (nSPS) is 11.9. The summed E-state index contributed by atoms with van der Waals surface area (Å²) in [5.41, 5.74) is 3.05. The molecule has 0 atom stereocenters. The number of nitrogens with zero attached hydrogens (tertiary/aromatic N) is 3. The summed E-state index contributed by atoms with van der Waals surface area (Å²) < 4.78 is 13.2. The highest BCUT2D eigenvalue weighted by atomic mass is 19.1. The van der Waals surface area contributed by atoms with Crippen molar-refractivity contribution in [2.45, 2.75) is 32.4 Å². The SMILES string of the molecule is O=C(CC/C(C/C(=N\O)c1ccc(F)cc1)=N\O)N(Cc1ccccc1)Cc1ccccc1. The van der Waals surface area contributed by atoms with Crippen molar-refractivity contribution in [1.29, 1.82) is 0 Å². The fraction of sp³-hybridized carbons (Fsp3) is 0.192. The number of amides is 1. The van der Waals surface area contributed by atoms with Crippen LogP contribution in [0.15, 0.2) is 95.2 Å². The van der Waals surface area contributed by atoms with Gasteiger partial charge in [0, 0.05) is 25.9 Å². The minimum atomic E-state index is -0.408. The number of hydrogen-bond donors (Lipinski definition) is 2. The Balaban J connectivity index is 1.66. The van der Waals surface area contributed by atoms with E-state index >= 15 is 0 Å². The summed E-state index contributed by atoms with van der Waals surface area (Å²) in [6.07, 6.45) is 0.347. The molecule has 2 N–H and O–H groups in total. The molecule has 0 saturated heterocycles. The van der Waals surface area contributed by atoms with E-state index in [1.807, 2.05) is 60.7 Å². The van der Waals surface area contributed by atoms with Crippen molar-refractivity contribution in [3.8, 4) is 0 Å². The van der Waals surface area contributed by atoms with Crippen molar-refractivity contribution in [3.63, 3.8) is 0 Å². The van der Waals surface area contributed by atoms with Gasteiger partial charge in [0.1, 0.15) is 5.82 Å². The van der Waals surface area contributed by atoms with Gasteiger partial charge in [0.15, 0.2) is 0 Å². The lowest BCUT2D eigenvalue weighted by molar-refractivity contribution is -0.132. The number of oxime groups is 2. The summed E-state index contributed by atoms with van der Waals surface area (Å²) in [4.78, 5) is 14.9. The number of carbonyl (C=O) groups excluding carboxylic acids is 1. The Kier molecular flexibility index (Phi) is 8.71. The van der Waals surface area contributed by atoms with E-state index in [0.29, 0.717) is 24.4 Å². The van der Waals surface area contributed by atoms with Crippen molar-refractivity contribution in [3.05, 3.63) is 107 Å². The molecular weight excluding hydrogens is 421 g/mol. The van der Waals surface area contributed by atoms with Crippen LogP contribution in [0, 0.1) is 5.82 Å². The van der Waals surface area contributed by atoms with Crippen LogP contribution in [0.3, 0.4) is 0 Å². The third-order valence-corrected chi connectivity index (χ3v) is 5.22. The van der Waals surface area contributed by atoms with Crippen molar-refractivity contribution >= 4 is 17.3 Å². The molecule has 0 fully saturated rings. The molecule has 0 aliphatic carbocycles. The standard InChI is InChI=1S/C26H26FN3O3/c27-23-13-11-22(12-14-23)25(29-33)17-24(28-32)15-16-26(31)30(18-20-7-3-1-4-8-20)19-21-9-5-2-6-10-21/h1-14,32-33H,15-19H2/b28-24+,29-25+. The van der Waals surface area contributed by atoms with Gasteiger partial charge in [-0.2, -0.15) is 0 Å². The Labute approximate surface area is 192 Å². The molecule has 33 heavy (non-hydrogen) atoms. The second kappa shape index (κ2) is 12.1. The fourth-order valence-corrected chi connectivity index (χ4v) is 3.45. The molecule has 0 aromatic heterocycles. The van der Waals surface area contributed by atoms with Crippen molar-refractivity contribution in [2.75, 3.05) is 0 Å². The van der Waals surface area contributed by atoms with Gasteiger partial charge >= 0.3 is 0 Å². The van der Waals surface area contributed by atoms with E-state index in [0.717, 1.165) is 11.1 Å². The van der Waals surface area contributed by atoms with Gasteiger partial charge in [-0.25, -0.2) is 4.39 Å². The van der Waals surface area contributed by atoms with Crippen LogP contribution < -0.4 is 0 Å². The van der Waals surface area contributed by atoms with Crippen molar-refractivity contribution < 1.29 is 19.6 Å². The molecule has 3 rings (SSSR count). The Morgan fingerprint density at radius 3 is 1.79 bits per heavy atom. The van der Waals surface area contributed by atoms with E-state index in [9.17, 15) is 19.6 Å².